The lowest BCUT2D eigenvalue weighted by Gasteiger charge is -2.15. The first-order valence-corrected chi connectivity index (χ1v) is 9.37. The molecule has 112 valence electrons. The van der Waals surface area contributed by atoms with Crippen LogP contribution in [0, 0.1) is 5.92 Å². The lowest BCUT2D eigenvalue weighted by molar-refractivity contribution is 0.554. The Balaban J connectivity index is 1.96. The van der Waals surface area contributed by atoms with E-state index in [1.54, 1.807) is 0 Å². The minimum Gasteiger partial charge on any atom is -0.323 e. The highest BCUT2D eigenvalue weighted by molar-refractivity contribution is 7.91. The largest absolute Gasteiger partial charge is 0.323 e. The van der Waals surface area contributed by atoms with Crippen LogP contribution in [0.3, 0.4) is 0 Å². The predicted octanol–water partition coefficient (Wildman–Crippen LogP) is 2.85. The first-order chi connectivity index (χ1) is 9.50. The maximum atomic E-state index is 12.2. The fourth-order valence-corrected chi connectivity index (χ4v) is 4.90. The number of nitrogens with two attached hydrogens (primary N) is 1. The molecule has 0 heterocycles. The molecular weight excluding hydrogens is 270 g/mol. The summed E-state index contributed by atoms with van der Waals surface area (Å²) in [5.74, 6) is 0.734. The fourth-order valence-electron chi connectivity index (χ4n) is 2.97. The third-order valence-electron chi connectivity index (χ3n) is 4.21. The quantitative estimate of drug-likeness (QED) is 0.878. The Bertz CT molecular complexity index is 516. The zero-order valence-corrected chi connectivity index (χ0v) is 13.0. The number of sulfone groups is 1. The summed E-state index contributed by atoms with van der Waals surface area (Å²) in [4.78, 5) is 0. The molecule has 1 saturated carbocycles. The number of hydrogen-bond donors (Lipinski definition) is 1. The van der Waals surface area contributed by atoms with E-state index < -0.39 is 15.9 Å². The van der Waals surface area contributed by atoms with E-state index in [1.807, 2.05) is 24.3 Å². The number of aryl methyl sites for hydroxylation is 1. The Kier molecular flexibility index (Phi) is 5.22. The molecule has 1 aliphatic rings. The zero-order valence-electron chi connectivity index (χ0n) is 12.2. The highest BCUT2D eigenvalue weighted by atomic mass is 32.2. The van der Waals surface area contributed by atoms with Gasteiger partial charge in [-0.05, 0) is 36.3 Å². The van der Waals surface area contributed by atoms with Crippen LogP contribution in [0.4, 0.5) is 0 Å². The van der Waals surface area contributed by atoms with E-state index in [0.29, 0.717) is 11.7 Å². The molecule has 0 aromatic heterocycles. The highest BCUT2D eigenvalue weighted by Crippen LogP contribution is 2.27. The van der Waals surface area contributed by atoms with Crippen molar-refractivity contribution in [2.24, 2.45) is 11.7 Å². The van der Waals surface area contributed by atoms with E-state index >= 15 is 0 Å². The Morgan fingerprint density at radius 2 is 1.80 bits per heavy atom. The normalized spacial score (nSPS) is 18.3. The van der Waals surface area contributed by atoms with E-state index in [2.05, 4.69) is 6.92 Å². The van der Waals surface area contributed by atoms with Gasteiger partial charge < -0.3 is 5.73 Å². The first-order valence-electron chi connectivity index (χ1n) is 7.55. The summed E-state index contributed by atoms with van der Waals surface area (Å²) in [6.45, 7) is 2.10. The average Bonchev–Trinajstić information content (AvgIpc) is 2.90. The van der Waals surface area contributed by atoms with Crippen LogP contribution >= 0.6 is 0 Å². The van der Waals surface area contributed by atoms with Gasteiger partial charge in [0.25, 0.3) is 0 Å². The summed E-state index contributed by atoms with van der Waals surface area (Å²) in [5, 5.41) is 0. The first kappa shape index (κ1) is 15.5. The van der Waals surface area contributed by atoms with Crippen molar-refractivity contribution in [1.82, 2.24) is 0 Å². The van der Waals surface area contributed by atoms with E-state index in [0.717, 1.165) is 24.8 Å². The number of hydrogen-bond acceptors (Lipinski definition) is 3. The third kappa shape index (κ3) is 4.32. The second-order valence-electron chi connectivity index (χ2n) is 5.93. The van der Waals surface area contributed by atoms with Gasteiger partial charge in [-0.15, -0.1) is 0 Å². The molecule has 0 saturated heterocycles. The van der Waals surface area contributed by atoms with Crippen LogP contribution in [0.1, 0.15) is 49.8 Å². The van der Waals surface area contributed by atoms with Gasteiger partial charge in [-0.2, -0.15) is 0 Å². The van der Waals surface area contributed by atoms with Crippen LogP contribution in [0.25, 0.3) is 0 Å². The molecule has 1 aliphatic carbocycles. The highest BCUT2D eigenvalue weighted by Gasteiger charge is 2.24. The standard InChI is InChI=1S/C16H25NO2S/c1-2-13-7-9-15(10-8-13)16(17)12-20(18,19)11-14-5-3-4-6-14/h7-10,14,16H,2-6,11-12,17H2,1H3. The molecule has 0 radical (unpaired) electrons. The van der Waals surface area contributed by atoms with Crippen molar-refractivity contribution in [1.29, 1.82) is 0 Å². The van der Waals surface area contributed by atoms with Crippen molar-refractivity contribution in [2.45, 2.75) is 45.1 Å². The van der Waals surface area contributed by atoms with Crippen LogP contribution < -0.4 is 5.73 Å². The summed E-state index contributed by atoms with van der Waals surface area (Å²) in [6, 6.07) is 7.55. The third-order valence-corrected chi connectivity index (χ3v) is 6.06. The molecule has 1 atom stereocenters. The Morgan fingerprint density at radius 1 is 1.20 bits per heavy atom. The minimum atomic E-state index is -3.05. The summed E-state index contributed by atoms with van der Waals surface area (Å²) in [7, 11) is -3.05. The van der Waals surface area contributed by atoms with Crippen LogP contribution in [0.5, 0.6) is 0 Å². The summed E-state index contributed by atoms with van der Waals surface area (Å²) < 4.78 is 24.4. The molecule has 0 spiro atoms. The summed E-state index contributed by atoms with van der Waals surface area (Å²) in [5.41, 5.74) is 8.23. The Morgan fingerprint density at radius 3 is 2.35 bits per heavy atom. The van der Waals surface area contributed by atoms with Gasteiger partial charge in [-0.1, -0.05) is 44.0 Å². The summed E-state index contributed by atoms with van der Waals surface area (Å²) in [6.07, 6.45) is 5.43. The molecule has 20 heavy (non-hydrogen) atoms. The lowest BCUT2D eigenvalue weighted by Crippen LogP contribution is -2.26. The van der Waals surface area contributed by atoms with Gasteiger partial charge in [0.1, 0.15) is 0 Å². The lowest BCUT2D eigenvalue weighted by atomic mass is 10.1. The van der Waals surface area contributed by atoms with E-state index in [1.165, 1.54) is 18.4 Å². The average molecular weight is 295 g/mol. The monoisotopic (exact) mass is 295 g/mol. The van der Waals surface area contributed by atoms with Crippen LogP contribution in [-0.4, -0.2) is 19.9 Å². The van der Waals surface area contributed by atoms with Gasteiger partial charge in [0, 0.05) is 6.04 Å². The van der Waals surface area contributed by atoms with Gasteiger partial charge in [0.05, 0.1) is 11.5 Å². The maximum Gasteiger partial charge on any atom is 0.152 e. The molecule has 1 unspecified atom stereocenters. The number of rotatable bonds is 6. The molecule has 0 amide bonds. The second kappa shape index (κ2) is 6.72. The van der Waals surface area contributed by atoms with Crippen molar-refractivity contribution < 1.29 is 8.42 Å². The SMILES string of the molecule is CCc1ccc(C(N)CS(=O)(=O)CC2CCCC2)cc1. The van der Waals surface area contributed by atoms with Crippen LogP contribution in [0.2, 0.25) is 0 Å². The van der Waals surface area contributed by atoms with E-state index in [4.69, 9.17) is 5.73 Å². The van der Waals surface area contributed by atoms with E-state index in [9.17, 15) is 8.42 Å². The van der Waals surface area contributed by atoms with Crippen molar-refractivity contribution in [3.8, 4) is 0 Å². The maximum absolute atomic E-state index is 12.2. The Hall–Kier alpha value is -0.870. The van der Waals surface area contributed by atoms with Crippen LogP contribution in [0.15, 0.2) is 24.3 Å². The summed E-state index contributed by atoms with van der Waals surface area (Å²) >= 11 is 0. The smallest absolute Gasteiger partial charge is 0.152 e. The molecular formula is C16H25NO2S. The zero-order chi connectivity index (χ0) is 14.6. The predicted molar refractivity (Wildman–Crippen MR) is 83.4 cm³/mol. The molecule has 2 N–H and O–H groups in total. The molecule has 0 bridgehead atoms. The van der Waals surface area contributed by atoms with Gasteiger partial charge in [-0.25, -0.2) is 8.42 Å². The molecule has 1 aromatic rings. The molecule has 1 fully saturated rings. The molecule has 3 nitrogen and oxygen atoms in total. The molecule has 0 aliphatic heterocycles. The van der Waals surface area contributed by atoms with Crippen molar-refractivity contribution in [2.75, 3.05) is 11.5 Å². The topological polar surface area (TPSA) is 60.2 Å². The minimum absolute atomic E-state index is 0.0645. The van der Waals surface area contributed by atoms with E-state index in [-0.39, 0.29) is 5.75 Å². The van der Waals surface area contributed by atoms with Crippen molar-refractivity contribution in [3.05, 3.63) is 35.4 Å². The van der Waals surface area contributed by atoms with Crippen LogP contribution in [-0.2, 0) is 16.3 Å². The van der Waals surface area contributed by atoms with Gasteiger partial charge in [0.2, 0.25) is 0 Å². The van der Waals surface area contributed by atoms with Crippen molar-refractivity contribution in [3.63, 3.8) is 0 Å². The Labute approximate surface area is 122 Å². The molecule has 4 heteroatoms. The number of benzene rings is 1. The van der Waals surface area contributed by atoms with Gasteiger partial charge >= 0.3 is 0 Å². The van der Waals surface area contributed by atoms with Crippen molar-refractivity contribution >= 4 is 9.84 Å². The fraction of sp³-hybridized carbons (Fsp3) is 0.625. The second-order valence-corrected chi connectivity index (χ2v) is 8.08. The molecule has 2 rings (SSSR count). The van der Waals surface area contributed by atoms with Gasteiger partial charge in [-0.3, -0.25) is 0 Å². The van der Waals surface area contributed by atoms with Gasteiger partial charge in [0.15, 0.2) is 9.84 Å². The molecule has 1 aromatic carbocycles.